The lowest BCUT2D eigenvalue weighted by atomic mass is 10.1. The molecule has 2 N–H and O–H groups in total. The van der Waals surface area contributed by atoms with Crippen LogP contribution in [0.15, 0.2) is 53.5 Å². The van der Waals surface area contributed by atoms with Crippen LogP contribution in [0.25, 0.3) is 0 Å². The molecule has 0 spiro atoms. The van der Waals surface area contributed by atoms with Crippen LogP contribution < -0.4 is 10.9 Å². The maximum absolute atomic E-state index is 12.1. The summed E-state index contributed by atoms with van der Waals surface area (Å²) >= 11 is 1.20. The number of H-pyrrole nitrogens is 1. The van der Waals surface area contributed by atoms with Crippen LogP contribution in [-0.2, 0) is 6.42 Å². The average molecular weight is 354 g/mol. The van der Waals surface area contributed by atoms with Crippen molar-refractivity contribution >= 4 is 28.2 Å². The van der Waals surface area contributed by atoms with Crippen LogP contribution in [0.3, 0.4) is 0 Å². The molecule has 1 aromatic carbocycles. The molecular formula is C17H14N4O3S. The normalized spacial score (nSPS) is 10.4. The lowest BCUT2D eigenvalue weighted by molar-refractivity contribution is 0.0981. The van der Waals surface area contributed by atoms with Gasteiger partial charge in [-0.1, -0.05) is 41.7 Å². The molecule has 0 aliphatic rings. The van der Waals surface area contributed by atoms with E-state index in [0.717, 1.165) is 0 Å². The summed E-state index contributed by atoms with van der Waals surface area (Å²) in [6.45, 7) is 0. The average Bonchev–Trinajstić information content (AvgIpc) is 3.08. The number of pyridine rings is 1. The molecule has 0 atom stereocenters. The topological polar surface area (TPSA) is 105 Å². The Bertz CT molecular complexity index is 950. The second-order valence-electron chi connectivity index (χ2n) is 5.19. The number of amides is 1. The Kier molecular flexibility index (Phi) is 5.10. The van der Waals surface area contributed by atoms with Gasteiger partial charge in [-0.15, -0.1) is 10.2 Å². The third-order valence-electron chi connectivity index (χ3n) is 3.39. The monoisotopic (exact) mass is 354 g/mol. The van der Waals surface area contributed by atoms with Crippen LogP contribution in [0.2, 0.25) is 0 Å². The minimum atomic E-state index is -0.436. The van der Waals surface area contributed by atoms with Crippen molar-refractivity contribution in [1.29, 1.82) is 0 Å². The summed E-state index contributed by atoms with van der Waals surface area (Å²) < 4.78 is 0. The molecule has 126 valence electrons. The van der Waals surface area contributed by atoms with E-state index >= 15 is 0 Å². The summed E-state index contributed by atoms with van der Waals surface area (Å²) in [5.41, 5.74) is 0.541. The molecule has 2 heterocycles. The van der Waals surface area contributed by atoms with E-state index in [9.17, 15) is 14.4 Å². The summed E-state index contributed by atoms with van der Waals surface area (Å²) in [7, 11) is 0. The molecule has 8 heteroatoms. The number of aromatic nitrogens is 3. The second-order valence-corrected chi connectivity index (χ2v) is 6.25. The Labute approximate surface area is 146 Å². The molecule has 0 unspecified atom stereocenters. The van der Waals surface area contributed by atoms with Gasteiger partial charge in [0.2, 0.25) is 10.7 Å². The first-order chi connectivity index (χ1) is 12.1. The molecule has 3 rings (SSSR count). The minimum Gasteiger partial charge on any atom is -0.329 e. The van der Waals surface area contributed by atoms with Crippen LogP contribution in [0.5, 0.6) is 0 Å². The van der Waals surface area contributed by atoms with Crippen molar-refractivity contribution < 1.29 is 9.59 Å². The molecule has 0 bridgehead atoms. The summed E-state index contributed by atoms with van der Waals surface area (Å²) in [5, 5.41) is 11.5. The highest BCUT2D eigenvalue weighted by atomic mass is 32.1. The highest BCUT2D eigenvalue weighted by Crippen LogP contribution is 2.18. The summed E-state index contributed by atoms with van der Waals surface area (Å²) in [6, 6.07) is 11.7. The van der Waals surface area contributed by atoms with Crippen LogP contribution in [-0.4, -0.2) is 26.9 Å². The van der Waals surface area contributed by atoms with Crippen molar-refractivity contribution in [2.24, 2.45) is 0 Å². The van der Waals surface area contributed by atoms with Crippen LogP contribution in [0, 0.1) is 0 Å². The van der Waals surface area contributed by atoms with Crippen molar-refractivity contribution in [2.75, 3.05) is 5.32 Å². The number of nitrogens with one attached hydrogen (secondary N) is 2. The number of ketones is 1. The smallest absolute Gasteiger partial charge is 0.257 e. The number of hydrogen-bond donors (Lipinski definition) is 2. The van der Waals surface area contributed by atoms with Crippen LogP contribution >= 0.6 is 11.3 Å². The SMILES string of the molecule is O=C(CCc1nnc(NC(=O)c2cc[nH]c(=O)c2)s1)c1ccccc1. The Morgan fingerprint density at radius 1 is 1.08 bits per heavy atom. The van der Waals surface area contributed by atoms with E-state index in [-0.39, 0.29) is 16.9 Å². The number of aryl methyl sites for hydroxylation is 1. The molecule has 0 aliphatic carbocycles. The van der Waals surface area contributed by atoms with E-state index in [4.69, 9.17) is 0 Å². The lowest BCUT2D eigenvalue weighted by Crippen LogP contribution is -2.15. The first kappa shape index (κ1) is 16.7. The molecule has 0 saturated heterocycles. The largest absolute Gasteiger partial charge is 0.329 e. The van der Waals surface area contributed by atoms with Gasteiger partial charge < -0.3 is 4.98 Å². The van der Waals surface area contributed by atoms with Gasteiger partial charge in [-0.3, -0.25) is 19.7 Å². The Balaban J connectivity index is 1.58. The van der Waals surface area contributed by atoms with Crippen LogP contribution in [0.1, 0.15) is 32.1 Å². The van der Waals surface area contributed by atoms with E-state index < -0.39 is 5.91 Å². The maximum Gasteiger partial charge on any atom is 0.257 e. The van der Waals surface area contributed by atoms with Gasteiger partial charge in [-0.2, -0.15) is 0 Å². The van der Waals surface area contributed by atoms with Crippen molar-refractivity contribution in [3.63, 3.8) is 0 Å². The molecule has 0 radical (unpaired) electrons. The number of carbonyl (C=O) groups is 2. The molecule has 3 aromatic rings. The van der Waals surface area contributed by atoms with E-state index in [1.165, 1.54) is 29.7 Å². The first-order valence-corrected chi connectivity index (χ1v) is 8.34. The first-order valence-electron chi connectivity index (χ1n) is 7.52. The fourth-order valence-corrected chi connectivity index (χ4v) is 2.88. The van der Waals surface area contributed by atoms with E-state index in [1.807, 2.05) is 18.2 Å². The van der Waals surface area contributed by atoms with E-state index in [1.54, 1.807) is 12.1 Å². The Morgan fingerprint density at radius 2 is 1.88 bits per heavy atom. The third kappa shape index (κ3) is 4.45. The summed E-state index contributed by atoms with van der Waals surface area (Å²) in [6.07, 6.45) is 2.17. The highest BCUT2D eigenvalue weighted by Gasteiger charge is 2.12. The molecule has 1 amide bonds. The molecule has 2 aromatic heterocycles. The van der Waals surface area contributed by atoms with Crippen molar-refractivity contribution in [3.8, 4) is 0 Å². The molecular weight excluding hydrogens is 340 g/mol. The molecule has 0 saturated carbocycles. The Morgan fingerprint density at radius 3 is 2.64 bits per heavy atom. The molecule has 25 heavy (non-hydrogen) atoms. The predicted octanol–water partition coefficient (Wildman–Crippen LogP) is 2.29. The third-order valence-corrected chi connectivity index (χ3v) is 4.28. The van der Waals surface area contributed by atoms with E-state index in [0.29, 0.717) is 28.5 Å². The molecule has 7 nitrogen and oxygen atoms in total. The number of rotatable bonds is 6. The van der Waals surface area contributed by atoms with Gasteiger partial charge in [0.15, 0.2) is 5.78 Å². The number of benzene rings is 1. The van der Waals surface area contributed by atoms with E-state index in [2.05, 4.69) is 20.5 Å². The van der Waals surface area contributed by atoms with Gasteiger partial charge in [0.25, 0.3) is 5.91 Å². The zero-order valence-corrected chi connectivity index (χ0v) is 13.9. The zero-order valence-electron chi connectivity index (χ0n) is 13.1. The standard InChI is InChI=1S/C17H14N4O3S/c22-13(11-4-2-1-3-5-11)6-7-15-20-21-17(25-15)19-16(24)12-8-9-18-14(23)10-12/h1-5,8-10H,6-7H2,(H,18,23)(H,19,21,24). The number of nitrogens with zero attached hydrogens (tertiary/aromatic N) is 2. The quantitative estimate of drug-likeness (QED) is 0.661. The van der Waals surface area contributed by atoms with Crippen molar-refractivity contribution in [2.45, 2.75) is 12.8 Å². The fourth-order valence-electron chi connectivity index (χ4n) is 2.15. The van der Waals surface area contributed by atoms with Gasteiger partial charge in [-0.05, 0) is 6.07 Å². The highest BCUT2D eigenvalue weighted by molar-refractivity contribution is 7.15. The van der Waals surface area contributed by atoms with Gasteiger partial charge in [0, 0.05) is 36.2 Å². The number of aromatic amines is 1. The zero-order chi connectivity index (χ0) is 17.6. The van der Waals surface area contributed by atoms with Gasteiger partial charge in [-0.25, -0.2) is 0 Å². The Hall–Kier alpha value is -3.13. The number of Topliss-reactive ketones (excluding diaryl/α,β-unsaturated/α-hetero) is 1. The number of hydrogen-bond acceptors (Lipinski definition) is 6. The minimum absolute atomic E-state index is 0.0323. The fraction of sp³-hybridized carbons (Fsp3) is 0.118. The maximum atomic E-state index is 12.1. The summed E-state index contributed by atoms with van der Waals surface area (Å²) in [5.74, 6) is -0.404. The summed E-state index contributed by atoms with van der Waals surface area (Å²) in [4.78, 5) is 37.8. The van der Waals surface area contributed by atoms with Crippen molar-refractivity contribution in [1.82, 2.24) is 15.2 Å². The molecule has 0 aliphatic heterocycles. The lowest BCUT2D eigenvalue weighted by Gasteiger charge is -1.99. The van der Waals surface area contributed by atoms with Gasteiger partial charge >= 0.3 is 0 Å². The molecule has 0 fully saturated rings. The second kappa shape index (κ2) is 7.63. The number of carbonyl (C=O) groups excluding carboxylic acids is 2. The van der Waals surface area contributed by atoms with Crippen LogP contribution in [0.4, 0.5) is 5.13 Å². The van der Waals surface area contributed by atoms with Gasteiger partial charge in [0.05, 0.1) is 0 Å². The predicted molar refractivity (Wildman–Crippen MR) is 94.0 cm³/mol. The van der Waals surface area contributed by atoms with Crippen molar-refractivity contribution in [3.05, 3.63) is 75.1 Å². The number of anilines is 1. The van der Waals surface area contributed by atoms with Gasteiger partial charge in [0.1, 0.15) is 5.01 Å².